The van der Waals surface area contributed by atoms with Gasteiger partial charge in [0.05, 0.1) is 0 Å². The van der Waals surface area contributed by atoms with Crippen LogP contribution in [-0.2, 0) is 6.42 Å². The van der Waals surface area contributed by atoms with E-state index in [4.69, 9.17) is 4.42 Å². The molecule has 4 heteroatoms. The van der Waals surface area contributed by atoms with Crippen LogP contribution in [0.25, 0.3) is 11.0 Å². The van der Waals surface area contributed by atoms with Gasteiger partial charge in [0.15, 0.2) is 22.9 Å². The zero-order chi connectivity index (χ0) is 13.9. The first-order valence-corrected chi connectivity index (χ1v) is 6.35. The van der Waals surface area contributed by atoms with E-state index >= 15 is 0 Å². The normalized spacial score (nSPS) is 10.8. The lowest BCUT2D eigenvalue weighted by Gasteiger charge is -1.98. The Morgan fingerprint density at radius 1 is 1.20 bits per heavy atom. The van der Waals surface area contributed by atoms with Crippen LogP contribution < -0.4 is 0 Å². The fraction of sp³-hybridized carbons (Fsp3) is 0.125. The smallest absolute Gasteiger partial charge is 0.198 e. The number of furan rings is 1. The maximum absolute atomic E-state index is 13.5. The molecule has 0 aliphatic heterocycles. The van der Waals surface area contributed by atoms with E-state index in [2.05, 4.69) is 4.98 Å². The quantitative estimate of drug-likeness (QED) is 0.677. The van der Waals surface area contributed by atoms with Crippen LogP contribution in [0.2, 0.25) is 0 Å². The van der Waals surface area contributed by atoms with Crippen molar-refractivity contribution in [2.45, 2.75) is 12.8 Å². The molecular weight excluding hydrogens is 257 g/mol. The van der Waals surface area contributed by atoms with Crippen molar-refractivity contribution in [3.05, 3.63) is 65.9 Å². The van der Waals surface area contributed by atoms with Gasteiger partial charge in [-0.2, -0.15) is 0 Å². The van der Waals surface area contributed by atoms with Crippen LogP contribution in [0, 0.1) is 5.82 Å². The molecule has 0 atom stereocenters. The van der Waals surface area contributed by atoms with Gasteiger partial charge in [0.1, 0.15) is 0 Å². The first-order valence-electron chi connectivity index (χ1n) is 6.35. The summed E-state index contributed by atoms with van der Waals surface area (Å²) < 4.78 is 18.8. The second-order valence-electron chi connectivity index (χ2n) is 4.51. The number of carbonyl (C=O) groups excluding carboxylic acids is 1. The minimum absolute atomic E-state index is 0.133. The first-order chi connectivity index (χ1) is 9.74. The van der Waals surface area contributed by atoms with Crippen molar-refractivity contribution in [1.82, 2.24) is 4.98 Å². The monoisotopic (exact) mass is 269 g/mol. The zero-order valence-electron chi connectivity index (χ0n) is 10.7. The molecule has 0 N–H and O–H groups in total. The van der Waals surface area contributed by atoms with Crippen LogP contribution >= 0.6 is 0 Å². The lowest BCUT2D eigenvalue weighted by atomic mass is 10.1. The number of para-hydroxylation sites is 1. The summed E-state index contributed by atoms with van der Waals surface area (Å²) in [5, 5.41) is 0.603. The molecule has 2 aromatic heterocycles. The summed E-state index contributed by atoms with van der Waals surface area (Å²) in [7, 11) is 0. The average Bonchev–Trinajstić information content (AvgIpc) is 2.91. The molecule has 0 saturated carbocycles. The Morgan fingerprint density at radius 3 is 2.85 bits per heavy atom. The number of pyridine rings is 1. The van der Waals surface area contributed by atoms with Crippen molar-refractivity contribution >= 4 is 16.8 Å². The summed E-state index contributed by atoms with van der Waals surface area (Å²) in [6.45, 7) is 0. The molecular formula is C16H12FNO2. The van der Waals surface area contributed by atoms with Crippen LogP contribution in [0.1, 0.15) is 22.7 Å². The van der Waals surface area contributed by atoms with Crippen molar-refractivity contribution in [1.29, 1.82) is 0 Å². The van der Waals surface area contributed by atoms with E-state index in [1.165, 1.54) is 6.07 Å². The fourth-order valence-electron chi connectivity index (χ4n) is 2.08. The Bertz CT molecular complexity index is 750. The number of Topliss-reactive ketones (excluding diaryl/α,β-unsaturated/α-hetero) is 1. The number of aromatic nitrogens is 1. The minimum Gasteiger partial charge on any atom is -0.450 e. The van der Waals surface area contributed by atoms with Gasteiger partial charge in [-0.05, 0) is 30.7 Å². The Balaban J connectivity index is 1.77. The Kier molecular flexibility index (Phi) is 3.29. The summed E-state index contributed by atoms with van der Waals surface area (Å²) in [5.74, 6) is -0.404. The molecule has 0 fully saturated rings. The van der Waals surface area contributed by atoms with Crippen molar-refractivity contribution in [3.8, 4) is 0 Å². The number of hydrogen-bond acceptors (Lipinski definition) is 3. The summed E-state index contributed by atoms with van der Waals surface area (Å²) in [4.78, 5) is 16.2. The lowest BCUT2D eigenvalue weighted by Crippen LogP contribution is -2.00. The molecule has 0 radical (unpaired) electrons. The van der Waals surface area contributed by atoms with Gasteiger partial charge in [-0.3, -0.25) is 9.78 Å². The van der Waals surface area contributed by atoms with Gasteiger partial charge in [-0.15, -0.1) is 0 Å². The zero-order valence-corrected chi connectivity index (χ0v) is 10.7. The molecule has 3 rings (SSSR count). The number of aryl methyl sites for hydroxylation is 1. The van der Waals surface area contributed by atoms with Gasteiger partial charge < -0.3 is 4.42 Å². The van der Waals surface area contributed by atoms with E-state index in [1.54, 1.807) is 24.4 Å². The highest BCUT2D eigenvalue weighted by Gasteiger charge is 2.14. The predicted molar refractivity (Wildman–Crippen MR) is 73.1 cm³/mol. The molecule has 0 spiro atoms. The number of hydrogen-bond donors (Lipinski definition) is 0. The van der Waals surface area contributed by atoms with Crippen molar-refractivity contribution in [2.24, 2.45) is 0 Å². The molecule has 0 aliphatic rings. The molecule has 0 aliphatic carbocycles. The van der Waals surface area contributed by atoms with E-state index < -0.39 is 5.82 Å². The maximum atomic E-state index is 13.5. The van der Waals surface area contributed by atoms with Crippen molar-refractivity contribution in [3.63, 3.8) is 0 Å². The van der Waals surface area contributed by atoms with E-state index in [-0.39, 0.29) is 17.1 Å². The Labute approximate surface area is 115 Å². The van der Waals surface area contributed by atoms with Crippen LogP contribution in [0.3, 0.4) is 0 Å². The van der Waals surface area contributed by atoms with E-state index in [9.17, 15) is 9.18 Å². The van der Waals surface area contributed by atoms with Gasteiger partial charge in [0, 0.05) is 23.7 Å². The molecule has 20 heavy (non-hydrogen) atoms. The molecule has 0 amide bonds. The van der Waals surface area contributed by atoms with E-state index in [0.29, 0.717) is 18.2 Å². The number of rotatable bonds is 4. The van der Waals surface area contributed by atoms with Gasteiger partial charge >= 0.3 is 0 Å². The molecule has 1 aromatic carbocycles. The third kappa shape index (κ3) is 2.45. The van der Waals surface area contributed by atoms with Crippen LogP contribution in [0.4, 0.5) is 4.39 Å². The number of fused-ring (bicyclic) bond motifs is 1. The summed E-state index contributed by atoms with van der Waals surface area (Å²) in [6.07, 6.45) is 2.52. The molecule has 3 aromatic rings. The standard InChI is InChI=1S/C16H12FNO2/c17-13-6-3-4-11-10-15(20-16(11)13)14(19)8-7-12-5-1-2-9-18-12/h1-6,9-10H,7-8H2. The molecule has 100 valence electrons. The average molecular weight is 269 g/mol. The van der Waals surface area contributed by atoms with Crippen molar-refractivity contribution in [2.75, 3.05) is 0 Å². The van der Waals surface area contributed by atoms with Gasteiger partial charge in [-0.1, -0.05) is 18.2 Å². The molecule has 3 nitrogen and oxygen atoms in total. The summed E-state index contributed by atoms with van der Waals surface area (Å²) >= 11 is 0. The highest BCUT2D eigenvalue weighted by atomic mass is 19.1. The van der Waals surface area contributed by atoms with Gasteiger partial charge in [-0.25, -0.2) is 4.39 Å². The predicted octanol–water partition coefficient (Wildman–Crippen LogP) is 3.78. The Morgan fingerprint density at radius 2 is 2.10 bits per heavy atom. The second-order valence-corrected chi connectivity index (χ2v) is 4.51. The maximum Gasteiger partial charge on any atom is 0.198 e. The van der Waals surface area contributed by atoms with Crippen LogP contribution in [0.15, 0.2) is 53.1 Å². The number of carbonyl (C=O) groups is 1. The van der Waals surface area contributed by atoms with E-state index in [0.717, 1.165) is 5.69 Å². The van der Waals surface area contributed by atoms with Gasteiger partial charge in [0.25, 0.3) is 0 Å². The minimum atomic E-state index is -0.453. The first kappa shape index (κ1) is 12.5. The molecule has 0 saturated heterocycles. The van der Waals surface area contributed by atoms with Crippen LogP contribution in [0.5, 0.6) is 0 Å². The number of nitrogens with zero attached hydrogens (tertiary/aromatic N) is 1. The summed E-state index contributed by atoms with van der Waals surface area (Å²) in [5.41, 5.74) is 0.983. The molecule has 2 heterocycles. The number of halogens is 1. The van der Waals surface area contributed by atoms with Crippen molar-refractivity contribution < 1.29 is 13.6 Å². The highest BCUT2D eigenvalue weighted by molar-refractivity contribution is 5.97. The Hall–Kier alpha value is -2.49. The molecule has 0 bridgehead atoms. The highest BCUT2D eigenvalue weighted by Crippen LogP contribution is 2.23. The lowest BCUT2D eigenvalue weighted by molar-refractivity contribution is 0.0957. The third-order valence-corrected chi connectivity index (χ3v) is 3.11. The van der Waals surface area contributed by atoms with E-state index in [1.807, 2.05) is 18.2 Å². The number of benzene rings is 1. The topological polar surface area (TPSA) is 43.1 Å². The number of ketones is 1. The molecule has 0 unspecified atom stereocenters. The van der Waals surface area contributed by atoms with Gasteiger partial charge in [0.2, 0.25) is 0 Å². The fourth-order valence-corrected chi connectivity index (χ4v) is 2.08. The van der Waals surface area contributed by atoms with Crippen LogP contribution in [-0.4, -0.2) is 10.8 Å². The third-order valence-electron chi connectivity index (χ3n) is 3.11. The largest absolute Gasteiger partial charge is 0.450 e. The summed E-state index contributed by atoms with van der Waals surface area (Å²) in [6, 6.07) is 11.8. The second kappa shape index (κ2) is 5.25. The SMILES string of the molecule is O=C(CCc1ccccn1)c1cc2cccc(F)c2o1.